The molecule has 0 unspecified atom stereocenters. The van der Waals surface area contributed by atoms with Crippen LogP contribution in [0.5, 0.6) is 11.5 Å². The molecule has 110 valence electrons. The summed E-state index contributed by atoms with van der Waals surface area (Å²) in [5.41, 5.74) is 4.85. The standard InChI is InChI=1S/C17H18BrNO2/c1-20-15-8-6-13(17(21-2)16(15)18)11-5-7-14-12(10-11)4-3-9-19-14/h5-8,10,19H,3-4,9H2,1-2H3. The summed E-state index contributed by atoms with van der Waals surface area (Å²) in [6.07, 6.45) is 2.30. The summed E-state index contributed by atoms with van der Waals surface area (Å²) in [5, 5.41) is 3.44. The van der Waals surface area contributed by atoms with Gasteiger partial charge in [-0.3, -0.25) is 0 Å². The van der Waals surface area contributed by atoms with Crippen molar-refractivity contribution < 1.29 is 9.47 Å². The zero-order valence-corrected chi connectivity index (χ0v) is 13.8. The molecule has 0 saturated carbocycles. The predicted octanol–water partition coefficient (Wildman–Crippen LogP) is 4.49. The fourth-order valence-corrected chi connectivity index (χ4v) is 3.43. The van der Waals surface area contributed by atoms with Crippen molar-refractivity contribution >= 4 is 21.6 Å². The molecule has 3 nitrogen and oxygen atoms in total. The van der Waals surface area contributed by atoms with Crippen molar-refractivity contribution in [3.8, 4) is 22.6 Å². The third-order valence-corrected chi connectivity index (χ3v) is 4.59. The van der Waals surface area contributed by atoms with Gasteiger partial charge in [-0.2, -0.15) is 0 Å². The fraction of sp³-hybridized carbons (Fsp3) is 0.294. The first kappa shape index (κ1) is 14.3. The quantitative estimate of drug-likeness (QED) is 0.887. The van der Waals surface area contributed by atoms with Crippen LogP contribution in [0.15, 0.2) is 34.8 Å². The topological polar surface area (TPSA) is 30.5 Å². The van der Waals surface area contributed by atoms with Crippen LogP contribution in [-0.2, 0) is 6.42 Å². The van der Waals surface area contributed by atoms with Crippen molar-refractivity contribution in [3.05, 3.63) is 40.4 Å². The van der Waals surface area contributed by atoms with E-state index in [2.05, 4.69) is 39.4 Å². The molecule has 0 radical (unpaired) electrons. The van der Waals surface area contributed by atoms with Crippen LogP contribution in [0.1, 0.15) is 12.0 Å². The van der Waals surface area contributed by atoms with Crippen molar-refractivity contribution in [2.45, 2.75) is 12.8 Å². The molecular weight excluding hydrogens is 330 g/mol. The number of ether oxygens (including phenoxy) is 2. The van der Waals surface area contributed by atoms with Crippen LogP contribution in [0.2, 0.25) is 0 Å². The molecule has 1 aliphatic heterocycles. The van der Waals surface area contributed by atoms with Crippen LogP contribution >= 0.6 is 15.9 Å². The fourth-order valence-electron chi connectivity index (χ4n) is 2.76. The van der Waals surface area contributed by atoms with E-state index in [0.29, 0.717) is 0 Å². The maximum absolute atomic E-state index is 5.57. The number of rotatable bonds is 3. The summed E-state index contributed by atoms with van der Waals surface area (Å²) in [4.78, 5) is 0. The average molecular weight is 348 g/mol. The van der Waals surface area contributed by atoms with Gasteiger partial charge in [0.05, 0.1) is 14.2 Å². The highest BCUT2D eigenvalue weighted by Gasteiger charge is 2.16. The van der Waals surface area contributed by atoms with E-state index < -0.39 is 0 Å². The Morgan fingerprint density at radius 1 is 1.10 bits per heavy atom. The number of halogens is 1. The third-order valence-electron chi connectivity index (χ3n) is 3.84. The minimum atomic E-state index is 0.773. The van der Waals surface area contributed by atoms with Gasteiger partial charge >= 0.3 is 0 Å². The van der Waals surface area contributed by atoms with E-state index in [1.807, 2.05) is 12.1 Å². The summed E-state index contributed by atoms with van der Waals surface area (Å²) in [7, 11) is 3.34. The number of anilines is 1. The molecule has 0 bridgehead atoms. The molecule has 0 fully saturated rings. The van der Waals surface area contributed by atoms with E-state index in [9.17, 15) is 0 Å². The lowest BCUT2D eigenvalue weighted by molar-refractivity contribution is 0.390. The second kappa shape index (κ2) is 5.98. The number of methoxy groups -OCH3 is 2. The molecule has 21 heavy (non-hydrogen) atoms. The predicted molar refractivity (Wildman–Crippen MR) is 89.5 cm³/mol. The van der Waals surface area contributed by atoms with Crippen LogP contribution in [0.25, 0.3) is 11.1 Å². The summed E-state index contributed by atoms with van der Waals surface area (Å²) >= 11 is 3.56. The Morgan fingerprint density at radius 2 is 1.95 bits per heavy atom. The van der Waals surface area contributed by atoms with E-state index in [-0.39, 0.29) is 0 Å². The molecular formula is C17H18BrNO2. The molecule has 2 aromatic carbocycles. The van der Waals surface area contributed by atoms with Crippen LogP contribution in [0.3, 0.4) is 0 Å². The first-order valence-electron chi connectivity index (χ1n) is 7.02. The highest BCUT2D eigenvalue weighted by molar-refractivity contribution is 9.10. The third kappa shape index (κ3) is 2.60. The Kier molecular flexibility index (Phi) is 4.06. The molecule has 2 aromatic rings. The SMILES string of the molecule is COc1ccc(-c2ccc3c(c2)CCCN3)c(OC)c1Br. The van der Waals surface area contributed by atoms with Gasteiger partial charge in [-0.1, -0.05) is 6.07 Å². The molecule has 4 heteroatoms. The summed E-state index contributed by atoms with van der Waals surface area (Å²) in [6.45, 7) is 1.06. The number of fused-ring (bicyclic) bond motifs is 1. The second-order valence-electron chi connectivity index (χ2n) is 5.06. The van der Waals surface area contributed by atoms with Gasteiger partial charge < -0.3 is 14.8 Å². The Bertz CT molecular complexity index is 670. The number of aryl methyl sites for hydroxylation is 1. The molecule has 0 aromatic heterocycles. The Morgan fingerprint density at radius 3 is 2.71 bits per heavy atom. The zero-order valence-electron chi connectivity index (χ0n) is 12.2. The maximum Gasteiger partial charge on any atom is 0.144 e. The van der Waals surface area contributed by atoms with Crippen molar-refractivity contribution in [1.29, 1.82) is 0 Å². The first-order chi connectivity index (χ1) is 10.2. The Hall–Kier alpha value is -1.68. The lowest BCUT2D eigenvalue weighted by Crippen LogP contribution is -2.11. The highest BCUT2D eigenvalue weighted by Crippen LogP contribution is 2.42. The van der Waals surface area contributed by atoms with Gasteiger partial charge in [0.25, 0.3) is 0 Å². The second-order valence-corrected chi connectivity index (χ2v) is 5.86. The minimum absolute atomic E-state index is 0.773. The van der Waals surface area contributed by atoms with E-state index in [4.69, 9.17) is 9.47 Å². The van der Waals surface area contributed by atoms with E-state index in [1.165, 1.54) is 17.7 Å². The number of nitrogens with one attached hydrogen (secondary N) is 1. The van der Waals surface area contributed by atoms with Crippen LogP contribution < -0.4 is 14.8 Å². The van der Waals surface area contributed by atoms with E-state index in [1.54, 1.807) is 14.2 Å². The molecule has 1 N–H and O–H groups in total. The molecule has 0 amide bonds. The Balaban J connectivity index is 2.10. The van der Waals surface area contributed by atoms with Gasteiger partial charge in [0.1, 0.15) is 16.0 Å². The van der Waals surface area contributed by atoms with Gasteiger partial charge in [-0.15, -0.1) is 0 Å². The summed E-state index contributed by atoms with van der Waals surface area (Å²) in [5.74, 6) is 1.58. The maximum atomic E-state index is 5.57. The molecule has 0 aliphatic carbocycles. The van der Waals surface area contributed by atoms with Crippen LogP contribution in [-0.4, -0.2) is 20.8 Å². The summed E-state index contributed by atoms with van der Waals surface area (Å²) in [6, 6.07) is 10.5. The van der Waals surface area contributed by atoms with Crippen molar-refractivity contribution in [2.75, 3.05) is 26.1 Å². The smallest absolute Gasteiger partial charge is 0.144 e. The van der Waals surface area contributed by atoms with Crippen molar-refractivity contribution in [1.82, 2.24) is 0 Å². The number of benzene rings is 2. The monoisotopic (exact) mass is 347 g/mol. The summed E-state index contributed by atoms with van der Waals surface area (Å²) < 4.78 is 11.8. The molecule has 3 rings (SSSR count). The van der Waals surface area contributed by atoms with Gasteiger partial charge in [-0.05, 0) is 64.2 Å². The van der Waals surface area contributed by atoms with Gasteiger partial charge in [0, 0.05) is 17.8 Å². The molecule has 0 saturated heterocycles. The van der Waals surface area contributed by atoms with Crippen molar-refractivity contribution in [2.24, 2.45) is 0 Å². The minimum Gasteiger partial charge on any atom is -0.495 e. The Labute approximate surface area is 133 Å². The van der Waals surface area contributed by atoms with Crippen LogP contribution in [0, 0.1) is 0 Å². The zero-order chi connectivity index (χ0) is 14.8. The molecule has 0 atom stereocenters. The van der Waals surface area contributed by atoms with E-state index in [0.717, 1.165) is 40.1 Å². The van der Waals surface area contributed by atoms with Gasteiger partial charge in [-0.25, -0.2) is 0 Å². The van der Waals surface area contributed by atoms with Crippen molar-refractivity contribution in [3.63, 3.8) is 0 Å². The average Bonchev–Trinajstić information content (AvgIpc) is 2.54. The molecule has 1 aliphatic rings. The molecule has 0 spiro atoms. The van der Waals surface area contributed by atoms with Crippen LogP contribution in [0.4, 0.5) is 5.69 Å². The largest absolute Gasteiger partial charge is 0.495 e. The van der Waals surface area contributed by atoms with Gasteiger partial charge in [0.2, 0.25) is 0 Å². The molecule has 1 heterocycles. The highest BCUT2D eigenvalue weighted by atomic mass is 79.9. The first-order valence-corrected chi connectivity index (χ1v) is 7.81. The lowest BCUT2D eigenvalue weighted by atomic mass is 9.96. The lowest BCUT2D eigenvalue weighted by Gasteiger charge is -2.20. The number of hydrogen-bond donors (Lipinski definition) is 1. The van der Waals surface area contributed by atoms with E-state index >= 15 is 0 Å². The number of hydrogen-bond acceptors (Lipinski definition) is 3. The van der Waals surface area contributed by atoms with Gasteiger partial charge in [0.15, 0.2) is 0 Å². The normalized spacial score (nSPS) is 13.3.